The minimum atomic E-state index is -0.443. The number of rotatable bonds is 2. The SMILES string of the molecule is CC(C)(C)C1C(=O)NCC(=O)N1Cc1ccncc1. The lowest BCUT2D eigenvalue weighted by Gasteiger charge is -2.42. The van der Waals surface area contributed by atoms with Gasteiger partial charge in [0, 0.05) is 18.9 Å². The summed E-state index contributed by atoms with van der Waals surface area (Å²) in [5.41, 5.74) is 0.681. The van der Waals surface area contributed by atoms with Crippen LogP contribution in [-0.2, 0) is 16.1 Å². The second kappa shape index (κ2) is 4.99. The molecule has 0 spiro atoms. The predicted molar refractivity (Wildman–Crippen MR) is 71.0 cm³/mol. The van der Waals surface area contributed by atoms with E-state index >= 15 is 0 Å². The molecule has 1 N–H and O–H groups in total. The number of nitrogens with zero attached hydrogens (tertiary/aromatic N) is 2. The van der Waals surface area contributed by atoms with Crippen molar-refractivity contribution in [3.05, 3.63) is 30.1 Å². The van der Waals surface area contributed by atoms with Crippen molar-refractivity contribution in [3.63, 3.8) is 0 Å². The Hall–Kier alpha value is -1.91. The molecule has 2 heterocycles. The molecule has 1 aromatic rings. The smallest absolute Gasteiger partial charge is 0.243 e. The summed E-state index contributed by atoms with van der Waals surface area (Å²) in [6.45, 7) is 6.42. The van der Waals surface area contributed by atoms with Crippen LogP contribution in [0.5, 0.6) is 0 Å². The van der Waals surface area contributed by atoms with Gasteiger partial charge in [-0.1, -0.05) is 20.8 Å². The first-order valence-corrected chi connectivity index (χ1v) is 6.35. The van der Waals surface area contributed by atoms with Crippen LogP contribution in [0.4, 0.5) is 0 Å². The average molecular weight is 261 g/mol. The number of hydrogen-bond acceptors (Lipinski definition) is 3. The van der Waals surface area contributed by atoms with Crippen molar-refractivity contribution in [2.24, 2.45) is 5.41 Å². The molecule has 1 aliphatic heterocycles. The third-order valence-corrected chi connectivity index (χ3v) is 3.22. The van der Waals surface area contributed by atoms with Gasteiger partial charge < -0.3 is 10.2 Å². The summed E-state index contributed by atoms with van der Waals surface area (Å²) in [4.78, 5) is 29.8. The zero-order chi connectivity index (χ0) is 14.0. The highest BCUT2D eigenvalue weighted by atomic mass is 16.2. The minimum Gasteiger partial charge on any atom is -0.345 e. The number of carbonyl (C=O) groups is 2. The normalized spacial score (nSPS) is 20.4. The average Bonchev–Trinajstić information content (AvgIpc) is 2.33. The van der Waals surface area contributed by atoms with Gasteiger partial charge >= 0.3 is 0 Å². The number of amides is 2. The highest BCUT2D eigenvalue weighted by Gasteiger charge is 2.41. The van der Waals surface area contributed by atoms with Crippen molar-refractivity contribution in [2.45, 2.75) is 33.4 Å². The van der Waals surface area contributed by atoms with Crippen molar-refractivity contribution < 1.29 is 9.59 Å². The molecule has 2 rings (SSSR count). The van der Waals surface area contributed by atoms with Gasteiger partial charge in [-0.25, -0.2) is 0 Å². The Morgan fingerprint density at radius 3 is 2.53 bits per heavy atom. The lowest BCUT2D eigenvalue weighted by atomic mass is 9.83. The Morgan fingerprint density at radius 2 is 1.95 bits per heavy atom. The molecule has 5 nitrogen and oxygen atoms in total. The van der Waals surface area contributed by atoms with Crippen LogP contribution in [0.1, 0.15) is 26.3 Å². The summed E-state index contributed by atoms with van der Waals surface area (Å²) in [7, 11) is 0. The van der Waals surface area contributed by atoms with Crippen molar-refractivity contribution in [1.82, 2.24) is 15.2 Å². The zero-order valence-electron chi connectivity index (χ0n) is 11.5. The van der Waals surface area contributed by atoms with E-state index in [0.29, 0.717) is 6.54 Å². The monoisotopic (exact) mass is 261 g/mol. The second-order valence-corrected chi connectivity index (χ2v) is 5.86. The van der Waals surface area contributed by atoms with Gasteiger partial charge in [-0.2, -0.15) is 0 Å². The van der Waals surface area contributed by atoms with Crippen LogP contribution in [0.25, 0.3) is 0 Å². The molecular formula is C14H19N3O2. The van der Waals surface area contributed by atoms with Crippen LogP contribution >= 0.6 is 0 Å². The highest BCUT2D eigenvalue weighted by Crippen LogP contribution is 2.27. The van der Waals surface area contributed by atoms with Gasteiger partial charge in [0.1, 0.15) is 6.04 Å². The molecule has 1 aromatic heterocycles. The van der Waals surface area contributed by atoms with Crippen molar-refractivity contribution in [2.75, 3.05) is 6.54 Å². The van der Waals surface area contributed by atoms with E-state index in [1.54, 1.807) is 17.3 Å². The van der Waals surface area contributed by atoms with E-state index in [0.717, 1.165) is 5.56 Å². The van der Waals surface area contributed by atoms with Gasteiger partial charge in [0.05, 0.1) is 6.54 Å². The lowest BCUT2D eigenvalue weighted by Crippen LogP contribution is -2.62. The minimum absolute atomic E-state index is 0.0451. The summed E-state index contributed by atoms with van der Waals surface area (Å²) in [6.07, 6.45) is 3.38. The van der Waals surface area contributed by atoms with E-state index < -0.39 is 6.04 Å². The first-order chi connectivity index (χ1) is 8.89. The fraction of sp³-hybridized carbons (Fsp3) is 0.500. The first kappa shape index (κ1) is 13.5. The Kier molecular flexibility index (Phi) is 3.55. The summed E-state index contributed by atoms with van der Waals surface area (Å²) >= 11 is 0. The van der Waals surface area contributed by atoms with E-state index in [4.69, 9.17) is 0 Å². The Morgan fingerprint density at radius 1 is 1.32 bits per heavy atom. The van der Waals surface area contributed by atoms with E-state index in [1.807, 2.05) is 32.9 Å². The summed E-state index contributed by atoms with van der Waals surface area (Å²) < 4.78 is 0. The van der Waals surface area contributed by atoms with Gasteiger partial charge in [-0.05, 0) is 23.1 Å². The number of aromatic nitrogens is 1. The van der Waals surface area contributed by atoms with Gasteiger partial charge in [-0.3, -0.25) is 14.6 Å². The molecule has 19 heavy (non-hydrogen) atoms. The molecule has 1 atom stereocenters. The maximum absolute atomic E-state index is 12.1. The molecule has 0 saturated carbocycles. The van der Waals surface area contributed by atoms with E-state index in [2.05, 4.69) is 10.3 Å². The maximum Gasteiger partial charge on any atom is 0.243 e. The van der Waals surface area contributed by atoms with Gasteiger partial charge in [0.2, 0.25) is 11.8 Å². The number of piperazine rings is 1. The van der Waals surface area contributed by atoms with Crippen LogP contribution in [0.3, 0.4) is 0 Å². The van der Waals surface area contributed by atoms with Crippen LogP contribution in [0, 0.1) is 5.41 Å². The lowest BCUT2D eigenvalue weighted by molar-refractivity contribution is -0.150. The van der Waals surface area contributed by atoms with Crippen molar-refractivity contribution in [3.8, 4) is 0 Å². The number of pyridine rings is 1. The fourth-order valence-corrected chi connectivity index (χ4v) is 2.37. The van der Waals surface area contributed by atoms with E-state index in [-0.39, 0.29) is 23.8 Å². The summed E-state index contributed by atoms with van der Waals surface area (Å²) in [5.74, 6) is -0.127. The third-order valence-electron chi connectivity index (χ3n) is 3.22. The van der Waals surface area contributed by atoms with Crippen LogP contribution in [-0.4, -0.2) is 34.3 Å². The summed E-state index contributed by atoms with van der Waals surface area (Å²) in [6, 6.07) is 3.28. The number of nitrogens with one attached hydrogen (secondary N) is 1. The van der Waals surface area contributed by atoms with Gasteiger partial charge in [-0.15, -0.1) is 0 Å². The molecule has 2 amide bonds. The highest BCUT2D eigenvalue weighted by molar-refractivity contribution is 5.95. The molecule has 1 saturated heterocycles. The molecule has 1 aliphatic rings. The number of carbonyl (C=O) groups excluding carboxylic acids is 2. The second-order valence-electron chi connectivity index (χ2n) is 5.86. The van der Waals surface area contributed by atoms with Gasteiger partial charge in [0.25, 0.3) is 0 Å². The molecule has 0 aromatic carbocycles. The first-order valence-electron chi connectivity index (χ1n) is 6.35. The molecule has 5 heteroatoms. The molecular weight excluding hydrogens is 242 g/mol. The number of hydrogen-bond donors (Lipinski definition) is 1. The Balaban J connectivity index is 2.27. The topological polar surface area (TPSA) is 62.3 Å². The Labute approximate surface area is 113 Å². The van der Waals surface area contributed by atoms with Crippen LogP contribution in [0.15, 0.2) is 24.5 Å². The predicted octanol–water partition coefficient (Wildman–Crippen LogP) is 0.955. The maximum atomic E-state index is 12.1. The van der Waals surface area contributed by atoms with Crippen molar-refractivity contribution >= 4 is 11.8 Å². The largest absolute Gasteiger partial charge is 0.345 e. The summed E-state index contributed by atoms with van der Waals surface area (Å²) in [5, 5.41) is 2.66. The zero-order valence-corrected chi connectivity index (χ0v) is 11.5. The molecule has 102 valence electrons. The quantitative estimate of drug-likeness (QED) is 0.862. The fourth-order valence-electron chi connectivity index (χ4n) is 2.37. The molecule has 0 aliphatic carbocycles. The van der Waals surface area contributed by atoms with E-state index in [1.165, 1.54) is 0 Å². The van der Waals surface area contributed by atoms with Crippen molar-refractivity contribution in [1.29, 1.82) is 0 Å². The van der Waals surface area contributed by atoms with E-state index in [9.17, 15) is 9.59 Å². The third kappa shape index (κ3) is 2.92. The molecule has 1 unspecified atom stereocenters. The molecule has 1 fully saturated rings. The van der Waals surface area contributed by atoms with Gasteiger partial charge in [0.15, 0.2) is 0 Å². The Bertz CT molecular complexity index is 479. The molecule has 0 radical (unpaired) electrons. The molecule has 0 bridgehead atoms. The standard InChI is InChI=1S/C14H19N3O2/c1-14(2,3)12-13(19)16-8-11(18)17(12)9-10-4-6-15-7-5-10/h4-7,12H,8-9H2,1-3H3,(H,16,19). The van der Waals surface area contributed by atoms with Crippen LogP contribution < -0.4 is 5.32 Å². The van der Waals surface area contributed by atoms with Crippen LogP contribution in [0.2, 0.25) is 0 Å².